The molecule has 0 aliphatic rings. The van der Waals surface area contributed by atoms with Crippen LogP contribution >= 0.6 is 11.6 Å². The summed E-state index contributed by atoms with van der Waals surface area (Å²) < 4.78 is 0. The topological polar surface area (TPSA) is 96.0 Å². The highest BCUT2D eigenvalue weighted by atomic mass is 35.5. The maximum atomic E-state index is 12.2. The van der Waals surface area contributed by atoms with Gasteiger partial charge >= 0.3 is 0 Å². The Labute approximate surface area is 121 Å². The van der Waals surface area contributed by atoms with Gasteiger partial charge in [-0.2, -0.15) is 5.26 Å². The lowest BCUT2D eigenvalue weighted by atomic mass is 9.83. The molecule has 0 unspecified atom stereocenters. The Morgan fingerprint density at radius 1 is 1.50 bits per heavy atom. The van der Waals surface area contributed by atoms with E-state index >= 15 is 0 Å². The molecule has 0 saturated carbocycles. The molecule has 0 spiro atoms. The summed E-state index contributed by atoms with van der Waals surface area (Å²) in [5.41, 5.74) is -1.47. The van der Waals surface area contributed by atoms with Crippen LogP contribution in [-0.4, -0.2) is 10.8 Å². The number of nitro benzene ring substituents is 1. The van der Waals surface area contributed by atoms with Crippen LogP contribution in [0.3, 0.4) is 0 Å². The van der Waals surface area contributed by atoms with Crippen molar-refractivity contribution >= 4 is 28.9 Å². The molecule has 0 bridgehead atoms. The number of carbonyl (C=O) groups excluding carboxylic acids is 1. The quantitative estimate of drug-likeness (QED) is 0.664. The number of benzene rings is 1. The standard InChI is InChI=1S/C13H14ClN3O3/c1-3-13(4-2,8-15)12(18)16-10-7-9(14)5-6-11(10)17(19)20/h5-7H,3-4H2,1-2H3,(H,16,18). The summed E-state index contributed by atoms with van der Waals surface area (Å²) in [4.78, 5) is 22.5. The van der Waals surface area contributed by atoms with Crippen LogP contribution in [0, 0.1) is 26.9 Å². The third kappa shape index (κ3) is 3.06. The number of carbonyl (C=O) groups is 1. The number of amides is 1. The van der Waals surface area contributed by atoms with E-state index in [1.807, 2.05) is 6.07 Å². The van der Waals surface area contributed by atoms with Crippen molar-refractivity contribution < 1.29 is 9.72 Å². The third-order valence-electron chi connectivity index (χ3n) is 3.26. The average molecular weight is 296 g/mol. The Bertz CT molecular complexity index is 577. The zero-order chi connectivity index (χ0) is 15.3. The number of nitrogens with zero attached hydrogens (tertiary/aromatic N) is 2. The number of hydrogen-bond donors (Lipinski definition) is 1. The highest BCUT2D eigenvalue weighted by Gasteiger charge is 2.36. The molecule has 0 saturated heterocycles. The second-order valence-electron chi connectivity index (χ2n) is 4.27. The molecule has 0 atom stereocenters. The van der Waals surface area contributed by atoms with Crippen LogP contribution in [0.5, 0.6) is 0 Å². The van der Waals surface area contributed by atoms with Crippen LogP contribution < -0.4 is 5.32 Å². The summed E-state index contributed by atoms with van der Waals surface area (Å²) in [7, 11) is 0. The maximum absolute atomic E-state index is 12.2. The summed E-state index contributed by atoms with van der Waals surface area (Å²) in [6.45, 7) is 3.44. The van der Waals surface area contributed by atoms with Gasteiger partial charge in [-0.05, 0) is 25.0 Å². The van der Waals surface area contributed by atoms with Crippen molar-refractivity contribution in [3.8, 4) is 6.07 Å². The minimum Gasteiger partial charge on any atom is -0.319 e. The molecule has 7 heteroatoms. The molecule has 6 nitrogen and oxygen atoms in total. The zero-order valence-corrected chi connectivity index (χ0v) is 11.9. The van der Waals surface area contributed by atoms with Crippen LogP contribution in [0.25, 0.3) is 0 Å². The van der Waals surface area contributed by atoms with Gasteiger partial charge in [-0.15, -0.1) is 0 Å². The van der Waals surface area contributed by atoms with E-state index in [-0.39, 0.29) is 16.4 Å². The normalized spacial score (nSPS) is 10.7. The van der Waals surface area contributed by atoms with Gasteiger partial charge in [-0.25, -0.2) is 0 Å². The molecule has 0 fully saturated rings. The SMILES string of the molecule is CCC(C#N)(CC)C(=O)Nc1cc(Cl)ccc1[N+](=O)[O-]. The van der Waals surface area contributed by atoms with Gasteiger partial charge < -0.3 is 5.32 Å². The lowest BCUT2D eigenvalue weighted by Crippen LogP contribution is -2.34. The fraction of sp³-hybridized carbons (Fsp3) is 0.385. The van der Waals surface area contributed by atoms with Gasteiger partial charge in [0.2, 0.25) is 5.91 Å². The molecule has 106 valence electrons. The van der Waals surface area contributed by atoms with Gasteiger partial charge in [0.05, 0.1) is 11.0 Å². The van der Waals surface area contributed by atoms with E-state index in [0.717, 1.165) is 0 Å². The van der Waals surface area contributed by atoms with E-state index in [1.165, 1.54) is 18.2 Å². The van der Waals surface area contributed by atoms with Gasteiger partial charge in [0.25, 0.3) is 5.69 Å². The van der Waals surface area contributed by atoms with Crippen molar-refractivity contribution in [3.05, 3.63) is 33.3 Å². The first-order valence-electron chi connectivity index (χ1n) is 6.06. The predicted octanol–water partition coefficient (Wildman–Crippen LogP) is 3.52. The average Bonchev–Trinajstić information content (AvgIpc) is 2.41. The second-order valence-corrected chi connectivity index (χ2v) is 4.71. The van der Waals surface area contributed by atoms with E-state index < -0.39 is 16.2 Å². The van der Waals surface area contributed by atoms with Gasteiger partial charge in [-0.3, -0.25) is 14.9 Å². The van der Waals surface area contributed by atoms with Gasteiger partial charge in [0.1, 0.15) is 11.1 Å². The van der Waals surface area contributed by atoms with Crippen LogP contribution in [0.2, 0.25) is 5.02 Å². The first kappa shape index (κ1) is 15.9. The molecule has 1 aromatic rings. The summed E-state index contributed by atoms with van der Waals surface area (Å²) in [6.07, 6.45) is 0.639. The van der Waals surface area contributed by atoms with E-state index in [0.29, 0.717) is 12.8 Å². The largest absolute Gasteiger partial charge is 0.319 e. The fourth-order valence-electron chi connectivity index (χ4n) is 1.79. The molecule has 1 aromatic carbocycles. The van der Waals surface area contributed by atoms with Crippen LogP contribution in [0.15, 0.2) is 18.2 Å². The fourth-order valence-corrected chi connectivity index (χ4v) is 1.96. The van der Waals surface area contributed by atoms with Crippen molar-refractivity contribution in [2.45, 2.75) is 26.7 Å². The van der Waals surface area contributed by atoms with Gasteiger partial charge in [-0.1, -0.05) is 25.4 Å². The Morgan fingerprint density at radius 3 is 2.55 bits per heavy atom. The third-order valence-corrected chi connectivity index (χ3v) is 3.49. The molecule has 1 N–H and O–H groups in total. The smallest absolute Gasteiger partial charge is 0.292 e. The van der Waals surface area contributed by atoms with Crippen molar-refractivity contribution in [3.63, 3.8) is 0 Å². The van der Waals surface area contributed by atoms with E-state index in [2.05, 4.69) is 5.32 Å². The number of nitrogens with one attached hydrogen (secondary N) is 1. The van der Waals surface area contributed by atoms with Crippen molar-refractivity contribution in [2.75, 3.05) is 5.32 Å². The molecule has 0 aromatic heterocycles. The molecule has 0 radical (unpaired) electrons. The predicted molar refractivity (Wildman–Crippen MR) is 75.4 cm³/mol. The number of anilines is 1. The van der Waals surface area contributed by atoms with E-state index in [4.69, 9.17) is 11.6 Å². The van der Waals surface area contributed by atoms with Crippen LogP contribution in [0.1, 0.15) is 26.7 Å². The summed E-state index contributed by atoms with van der Waals surface area (Å²) >= 11 is 5.78. The number of nitro groups is 1. The molecule has 0 heterocycles. The first-order chi connectivity index (χ1) is 9.40. The molecule has 20 heavy (non-hydrogen) atoms. The van der Waals surface area contributed by atoms with Crippen LogP contribution in [0.4, 0.5) is 11.4 Å². The molecule has 1 rings (SSSR count). The Balaban J connectivity index is 3.16. The Kier molecular flexibility index (Phi) is 5.06. The number of halogens is 1. The van der Waals surface area contributed by atoms with Gasteiger partial charge in [0.15, 0.2) is 0 Å². The lowest BCUT2D eigenvalue weighted by molar-refractivity contribution is -0.383. The minimum atomic E-state index is -1.20. The van der Waals surface area contributed by atoms with Gasteiger partial charge in [0, 0.05) is 11.1 Å². The molecule has 0 aliphatic carbocycles. The maximum Gasteiger partial charge on any atom is 0.292 e. The Hall–Kier alpha value is -2.13. The molecular weight excluding hydrogens is 282 g/mol. The van der Waals surface area contributed by atoms with Crippen molar-refractivity contribution in [1.29, 1.82) is 5.26 Å². The van der Waals surface area contributed by atoms with E-state index in [1.54, 1.807) is 13.8 Å². The lowest BCUT2D eigenvalue weighted by Gasteiger charge is -2.22. The highest BCUT2D eigenvalue weighted by Crippen LogP contribution is 2.32. The second kappa shape index (κ2) is 6.35. The number of rotatable bonds is 5. The summed E-state index contributed by atoms with van der Waals surface area (Å²) in [5, 5.41) is 22.8. The van der Waals surface area contributed by atoms with Crippen molar-refractivity contribution in [2.24, 2.45) is 5.41 Å². The number of nitriles is 1. The summed E-state index contributed by atoms with van der Waals surface area (Å²) in [6, 6.07) is 5.86. The molecular formula is C13H14ClN3O3. The number of hydrogen-bond acceptors (Lipinski definition) is 4. The Morgan fingerprint density at radius 2 is 2.10 bits per heavy atom. The molecule has 1 amide bonds. The highest BCUT2D eigenvalue weighted by molar-refractivity contribution is 6.31. The minimum absolute atomic E-state index is 0.00553. The zero-order valence-electron chi connectivity index (χ0n) is 11.1. The van der Waals surface area contributed by atoms with E-state index in [9.17, 15) is 20.2 Å². The van der Waals surface area contributed by atoms with Crippen LogP contribution in [-0.2, 0) is 4.79 Å². The monoisotopic (exact) mass is 295 g/mol. The van der Waals surface area contributed by atoms with Crippen molar-refractivity contribution in [1.82, 2.24) is 0 Å². The first-order valence-corrected chi connectivity index (χ1v) is 6.44. The summed E-state index contributed by atoms with van der Waals surface area (Å²) in [5.74, 6) is -0.560. The molecule has 0 aliphatic heterocycles.